The number of amides is 1. The van der Waals surface area contributed by atoms with E-state index < -0.39 is 6.10 Å². The average molecular weight is 250 g/mol. The lowest BCUT2D eigenvalue weighted by Crippen LogP contribution is -2.38. The Morgan fingerprint density at radius 2 is 2.06 bits per heavy atom. The fourth-order valence-corrected chi connectivity index (χ4v) is 1.81. The van der Waals surface area contributed by atoms with E-state index in [1.807, 2.05) is 42.3 Å². The molecule has 0 bridgehead atoms. The van der Waals surface area contributed by atoms with Crippen molar-refractivity contribution in [2.45, 2.75) is 19.4 Å². The number of nitrogens with one attached hydrogen (secondary N) is 1. The lowest BCUT2D eigenvalue weighted by molar-refractivity contribution is -0.122. The summed E-state index contributed by atoms with van der Waals surface area (Å²) in [7, 11) is 1.82. The van der Waals surface area contributed by atoms with Gasteiger partial charge in [-0.1, -0.05) is 30.3 Å². The molecular formula is C14H22N2O2. The van der Waals surface area contributed by atoms with Gasteiger partial charge in [0, 0.05) is 13.1 Å². The molecule has 0 aliphatic heterocycles. The number of likely N-dealkylation sites (N-methyl/N-ethyl adjacent to an activating group) is 1. The molecule has 4 nitrogen and oxygen atoms in total. The molecule has 4 heteroatoms. The topological polar surface area (TPSA) is 52.6 Å². The number of rotatable bonds is 7. The second kappa shape index (κ2) is 7.84. The zero-order valence-corrected chi connectivity index (χ0v) is 11.1. The predicted molar refractivity (Wildman–Crippen MR) is 72.3 cm³/mol. The second-order valence-corrected chi connectivity index (χ2v) is 4.63. The smallest absolute Gasteiger partial charge is 0.234 e. The van der Waals surface area contributed by atoms with Crippen molar-refractivity contribution in [3.05, 3.63) is 35.9 Å². The predicted octanol–water partition coefficient (Wildman–Crippen LogP) is 0.658. The Hall–Kier alpha value is -1.39. The molecule has 0 heterocycles. The van der Waals surface area contributed by atoms with Crippen molar-refractivity contribution in [2.24, 2.45) is 0 Å². The van der Waals surface area contributed by atoms with Crippen LogP contribution in [0.15, 0.2) is 30.3 Å². The Bertz CT molecular complexity index is 352. The van der Waals surface area contributed by atoms with Gasteiger partial charge in [-0.15, -0.1) is 0 Å². The first-order valence-electron chi connectivity index (χ1n) is 6.25. The summed E-state index contributed by atoms with van der Waals surface area (Å²) in [6.45, 7) is 3.18. The Morgan fingerprint density at radius 1 is 1.39 bits per heavy atom. The fourth-order valence-electron chi connectivity index (χ4n) is 1.81. The van der Waals surface area contributed by atoms with E-state index in [2.05, 4.69) is 5.32 Å². The van der Waals surface area contributed by atoms with Crippen molar-refractivity contribution in [3.63, 3.8) is 0 Å². The van der Waals surface area contributed by atoms with Crippen LogP contribution < -0.4 is 5.32 Å². The van der Waals surface area contributed by atoms with Crippen molar-refractivity contribution in [3.8, 4) is 0 Å². The molecular weight excluding hydrogens is 228 g/mol. The molecule has 0 spiro atoms. The molecule has 0 aliphatic rings. The van der Waals surface area contributed by atoms with Gasteiger partial charge in [0.1, 0.15) is 0 Å². The SMILES string of the molecule is CC(O)CN(C)CC(=O)NCCc1ccccc1. The summed E-state index contributed by atoms with van der Waals surface area (Å²) < 4.78 is 0. The molecule has 0 saturated heterocycles. The van der Waals surface area contributed by atoms with Gasteiger partial charge in [-0.2, -0.15) is 0 Å². The van der Waals surface area contributed by atoms with Gasteiger partial charge in [0.25, 0.3) is 0 Å². The summed E-state index contributed by atoms with van der Waals surface area (Å²) in [6.07, 6.45) is 0.430. The largest absolute Gasteiger partial charge is 0.392 e. The van der Waals surface area contributed by atoms with Crippen LogP contribution >= 0.6 is 0 Å². The van der Waals surface area contributed by atoms with E-state index >= 15 is 0 Å². The fraction of sp³-hybridized carbons (Fsp3) is 0.500. The van der Waals surface area contributed by atoms with E-state index in [1.165, 1.54) is 5.56 Å². The van der Waals surface area contributed by atoms with E-state index in [1.54, 1.807) is 6.92 Å². The van der Waals surface area contributed by atoms with E-state index in [0.717, 1.165) is 6.42 Å². The van der Waals surface area contributed by atoms with Crippen molar-refractivity contribution in [1.29, 1.82) is 0 Å². The van der Waals surface area contributed by atoms with Gasteiger partial charge in [0.15, 0.2) is 0 Å². The maximum absolute atomic E-state index is 11.6. The molecule has 1 aromatic rings. The first-order valence-corrected chi connectivity index (χ1v) is 6.25. The van der Waals surface area contributed by atoms with Crippen LogP contribution in [0.1, 0.15) is 12.5 Å². The third kappa shape index (κ3) is 6.37. The minimum absolute atomic E-state index is 0.00548. The summed E-state index contributed by atoms with van der Waals surface area (Å²) >= 11 is 0. The van der Waals surface area contributed by atoms with Crippen LogP contribution in [0.3, 0.4) is 0 Å². The molecule has 2 N–H and O–H groups in total. The van der Waals surface area contributed by atoms with Crippen LogP contribution in [0.5, 0.6) is 0 Å². The monoisotopic (exact) mass is 250 g/mol. The highest BCUT2D eigenvalue weighted by Crippen LogP contribution is 1.98. The van der Waals surface area contributed by atoms with E-state index in [-0.39, 0.29) is 5.91 Å². The van der Waals surface area contributed by atoms with Crippen LogP contribution in [-0.2, 0) is 11.2 Å². The molecule has 1 unspecified atom stereocenters. The number of carbonyl (C=O) groups excluding carboxylic acids is 1. The van der Waals surface area contributed by atoms with Crippen molar-refractivity contribution >= 4 is 5.91 Å². The lowest BCUT2D eigenvalue weighted by atomic mass is 10.1. The van der Waals surface area contributed by atoms with Gasteiger partial charge in [0.2, 0.25) is 5.91 Å². The van der Waals surface area contributed by atoms with Crippen molar-refractivity contribution < 1.29 is 9.90 Å². The summed E-state index contributed by atoms with van der Waals surface area (Å²) in [5.74, 6) is -0.00548. The highest BCUT2D eigenvalue weighted by atomic mass is 16.3. The van der Waals surface area contributed by atoms with Gasteiger partial charge in [-0.05, 0) is 26.0 Å². The standard InChI is InChI=1S/C14H22N2O2/c1-12(17)10-16(2)11-14(18)15-9-8-13-6-4-3-5-7-13/h3-7,12,17H,8-11H2,1-2H3,(H,15,18). The van der Waals surface area contributed by atoms with Gasteiger partial charge in [0.05, 0.1) is 12.6 Å². The van der Waals surface area contributed by atoms with Gasteiger partial charge in [-0.3, -0.25) is 9.69 Å². The summed E-state index contributed by atoms with van der Waals surface area (Å²) in [6, 6.07) is 10.1. The third-order valence-electron chi connectivity index (χ3n) is 2.57. The van der Waals surface area contributed by atoms with Gasteiger partial charge < -0.3 is 10.4 Å². The molecule has 0 aromatic heterocycles. The number of benzene rings is 1. The number of nitrogens with zero attached hydrogens (tertiary/aromatic N) is 1. The molecule has 0 aliphatic carbocycles. The van der Waals surface area contributed by atoms with E-state index in [0.29, 0.717) is 19.6 Å². The van der Waals surface area contributed by atoms with Crippen molar-refractivity contribution in [2.75, 3.05) is 26.7 Å². The van der Waals surface area contributed by atoms with Gasteiger partial charge in [-0.25, -0.2) is 0 Å². The highest BCUT2D eigenvalue weighted by molar-refractivity contribution is 5.77. The van der Waals surface area contributed by atoms with Crippen LogP contribution in [0.25, 0.3) is 0 Å². The Kier molecular flexibility index (Phi) is 6.39. The Labute approximate surface area is 109 Å². The maximum Gasteiger partial charge on any atom is 0.234 e. The second-order valence-electron chi connectivity index (χ2n) is 4.63. The number of hydrogen-bond donors (Lipinski definition) is 2. The molecule has 0 saturated carbocycles. The lowest BCUT2D eigenvalue weighted by Gasteiger charge is -2.17. The van der Waals surface area contributed by atoms with Gasteiger partial charge >= 0.3 is 0 Å². The van der Waals surface area contributed by atoms with E-state index in [4.69, 9.17) is 0 Å². The first-order chi connectivity index (χ1) is 8.58. The minimum Gasteiger partial charge on any atom is -0.392 e. The van der Waals surface area contributed by atoms with Crippen LogP contribution in [0, 0.1) is 0 Å². The zero-order valence-electron chi connectivity index (χ0n) is 11.1. The summed E-state index contributed by atoms with van der Waals surface area (Å²) in [5.41, 5.74) is 1.22. The number of hydrogen-bond acceptors (Lipinski definition) is 3. The third-order valence-corrected chi connectivity index (χ3v) is 2.57. The molecule has 0 radical (unpaired) electrons. The van der Waals surface area contributed by atoms with Crippen LogP contribution in [-0.4, -0.2) is 48.7 Å². The normalized spacial score (nSPS) is 12.4. The maximum atomic E-state index is 11.6. The molecule has 1 rings (SSSR count). The molecule has 1 amide bonds. The molecule has 100 valence electrons. The molecule has 1 atom stereocenters. The molecule has 1 aromatic carbocycles. The van der Waals surface area contributed by atoms with Crippen LogP contribution in [0.2, 0.25) is 0 Å². The summed E-state index contributed by atoms with van der Waals surface area (Å²) in [4.78, 5) is 13.4. The van der Waals surface area contributed by atoms with Crippen LogP contribution in [0.4, 0.5) is 0 Å². The Balaban J connectivity index is 2.17. The zero-order chi connectivity index (χ0) is 13.4. The first kappa shape index (κ1) is 14.7. The Morgan fingerprint density at radius 3 is 2.67 bits per heavy atom. The molecule has 0 fully saturated rings. The number of carbonyl (C=O) groups is 1. The number of aliphatic hydroxyl groups is 1. The quantitative estimate of drug-likeness (QED) is 0.747. The molecule has 18 heavy (non-hydrogen) atoms. The average Bonchev–Trinajstić information content (AvgIpc) is 2.29. The number of aliphatic hydroxyl groups excluding tert-OH is 1. The summed E-state index contributed by atoms with van der Waals surface area (Å²) in [5, 5.41) is 12.1. The van der Waals surface area contributed by atoms with Crippen molar-refractivity contribution in [1.82, 2.24) is 10.2 Å². The highest BCUT2D eigenvalue weighted by Gasteiger charge is 2.07. The van der Waals surface area contributed by atoms with E-state index in [9.17, 15) is 9.90 Å². The minimum atomic E-state index is -0.410.